The number of aromatic nitrogens is 2. The van der Waals surface area contributed by atoms with E-state index in [0.29, 0.717) is 5.95 Å². The zero-order valence-electron chi connectivity index (χ0n) is 8.20. The lowest BCUT2D eigenvalue weighted by Gasteiger charge is -2.14. The van der Waals surface area contributed by atoms with Gasteiger partial charge in [0.25, 0.3) is 0 Å². The molecule has 80 valence electrons. The Labute approximate surface area is 87.7 Å². The van der Waals surface area contributed by atoms with Gasteiger partial charge in [0.1, 0.15) is 5.75 Å². The molecule has 0 bridgehead atoms. The van der Waals surface area contributed by atoms with Gasteiger partial charge in [-0.2, -0.15) is 0 Å². The zero-order chi connectivity index (χ0) is 10.7. The molecule has 2 rings (SSSR count). The van der Waals surface area contributed by atoms with Gasteiger partial charge in [0, 0.05) is 13.1 Å². The van der Waals surface area contributed by atoms with Crippen LogP contribution in [0.15, 0.2) is 12.4 Å². The smallest absolute Gasteiger partial charge is 0.509 e. The molecule has 0 unspecified atom stereocenters. The summed E-state index contributed by atoms with van der Waals surface area (Å²) in [7, 11) is -1.83. The van der Waals surface area contributed by atoms with E-state index in [1.807, 2.05) is 0 Å². The second-order valence-corrected chi connectivity index (χ2v) is 3.36. The lowest BCUT2D eigenvalue weighted by molar-refractivity contribution is 0.287. The van der Waals surface area contributed by atoms with Gasteiger partial charge in [-0.15, -0.1) is 0 Å². The summed E-state index contributed by atoms with van der Waals surface area (Å²) in [5.41, 5.74) is 0. The molecule has 0 spiro atoms. The fourth-order valence-electron chi connectivity index (χ4n) is 1.57. The molecule has 1 aliphatic heterocycles. The van der Waals surface area contributed by atoms with Crippen molar-refractivity contribution in [3.05, 3.63) is 12.4 Å². The van der Waals surface area contributed by atoms with E-state index in [2.05, 4.69) is 19.5 Å². The molecule has 2 heterocycles. The van der Waals surface area contributed by atoms with Gasteiger partial charge in [-0.25, -0.2) is 9.97 Å². The Morgan fingerprint density at radius 3 is 2.33 bits per heavy atom. The van der Waals surface area contributed by atoms with E-state index in [1.54, 1.807) is 0 Å². The van der Waals surface area contributed by atoms with E-state index in [-0.39, 0.29) is 5.75 Å². The van der Waals surface area contributed by atoms with Gasteiger partial charge in [0.15, 0.2) is 0 Å². The maximum Gasteiger partial charge on any atom is 0.707 e. The van der Waals surface area contributed by atoms with Crippen molar-refractivity contribution in [1.82, 2.24) is 9.97 Å². The number of hydrogen-bond acceptors (Lipinski definition) is 6. The van der Waals surface area contributed by atoms with E-state index in [9.17, 15) is 0 Å². The van der Waals surface area contributed by atoms with Crippen LogP contribution in [0.5, 0.6) is 5.75 Å². The summed E-state index contributed by atoms with van der Waals surface area (Å²) in [6, 6.07) is 0. The van der Waals surface area contributed by atoms with Crippen LogP contribution < -0.4 is 9.55 Å². The van der Waals surface area contributed by atoms with Gasteiger partial charge < -0.3 is 19.6 Å². The highest BCUT2D eigenvalue weighted by Crippen LogP contribution is 2.16. The molecule has 15 heavy (non-hydrogen) atoms. The van der Waals surface area contributed by atoms with Gasteiger partial charge in [0.05, 0.1) is 12.4 Å². The van der Waals surface area contributed by atoms with Crippen LogP contribution in [0, 0.1) is 0 Å². The minimum atomic E-state index is -1.83. The second kappa shape index (κ2) is 4.46. The third-order valence-corrected chi connectivity index (χ3v) is 2.24. The SMILES string of the molecule is OB(O)Oc1cnc(N2CCCC2)nc1. The van der Waals surface area contributed by atoms with Crippen LogP contribution in [-0.4, -0.2) is 40.4 Å². The van der Waals surface area contributed by atoms with E-state index in [4.69, 9.17) is 10.0 Å². The molecular weight excluding hydrogens is 197 g/mol. The Morgan fingerprint density at radius 2 is 1.80 bits per heavy atom. The third-order valence-electron chi connectivity index (χ3n) is 2.24. The summed E-state index contributed by atoms with van der Waals surface area (Å²) in [4.78, 5) is 10.2. The van der Waals surface area contributed by atoms with Crippen molar-refractivity contribution in [2.24, 2.45) is 0 Å². The minimum absolute atomic E-state index is 0.243. The van der Waals surface area contributed by atoms with Crippen LogP contribution in [0.4, 0.5) is 5.95 Å². The van der Waals surface area contributed by atoms with Crippen LogP contribution in [-0.2, 0) is 0 Å². The Hall–Kier alpha value is -1.34. The van der Waals surface area contributed by atoms with Gasteiger partial charge in [-0.05, 0) is 12.8 Å². The molecule has 0 aliphatic carbocycles. The topological polar surface area (TPSA) is 78.7 Å². The summed E-state index contributed by atoms with van der Waals surface area (Å²) in [6.45, 7) is 1.95. The van der Waals surface area contributed by atoms with E-state index < -0.39 is 7.32 Å². The molecule has 1 saturated heterocycles. The maximum atomic E-state index is 8.55. The molecule has 1 aromatic heterocycles. The summed E-state index contributed by atoms with van der Waals surface area (Å²) >= 11 is 0. The first-order valence-corrected chi connectivity index (χ1v) is 4.85. The highest BCUT2D eigenvalue weighted by molar-refractivity contribution is 6.33. The summed E-state index contributed by atoms with van der Waals surface area (Å²) in [5, 5.41) is 17.1. The Balaban J connectivity index is 2.03. The lowest BCUT2D eigenvalue weighted by Crippen LogP contribution is -2.22. The van der Waals surface area contributed by atoms with Crippen molar-refractivity contribution in [3.8, 4) is 5.75 Å². The quantitative estimate of drug-likeness (QED) is 0.648. The molecule has 6 nitrogen and oxygen atoms in total. The molecule has 1 aromatic rings. The average Bonchev–Trinajstić information content (AvgIpc) is 2.71. The molecule has 1 fully saturated rings. The van der Waals surface area contributed by atoms with Crippen LogP contribution >= 0.6 is 0 Å². The fraction of sp³-hybridized carbons (Fsp3) is 0.500. The van der Waals surface area contributed by atoms with E-state index >= 15 is 0 Å². The van der Waals surface area contributed by atoms with Crippen LogP contribution in [0.3, 0.4) is 0 Å². The predicted molar refractivity (Wildman–Crippen MR) is 54.3 cm³/mol. The molecule has 0 aromatic carbocycles. The fourth-order valence-corrected chi connectivity index (χ4v) is 1.57. The van der Waals surface area contributed by atoms with Crippen molar-refractivity contribution >= 4 is 13.3 Å². The molecule has 2 N–H and O–H groups in total. The zero-order valence-corrected chi connectivity index (χ0v) is 8.20. The molecular formula is C8H12BN3O3. The summed E-state index contributed by atoms with van der Waals surface area (Å²) in [6.07, 6.45) is 5.19. The number of hydrogen-bond donors (Lipinski definition) is 2. The Morgan fingerprint density at radius 1 is 1.20 bits per heavy atom. The maximum absolute atomic E-state index is 8.55. The molecule has 0 atom stereocenters. The minimum Gasteiger partial charge on any atom is -0.509 e. The Bertz CT molecular complexity index is 313. The standard InChI is InChI=1S/C8H12BN3O3/c13-9(14)15-7-5-10-8(11-6-7)12-3-1-2-4-12/h5-6,13-14H,1-4H2. The highest BCUT2D eigenvalue weighted by atomic mass is 16.6. The van der Waals surface area contributed by atoms with Crippen molar-refractivity contribution < 1.29 is 14.7 Å². The molecule has 1 aliphatic rings. The number of nitrogens with zero attached hydrogens (tertiary/aromatic N) is 3. The van der Waals surface area contributed by atoms with E-state index in [1.165, 1.54) is 12.4 Å². The van der Waals surface area contributed by atoms with Gasteiger partial charge in [0.2, 0.25) is 5.95 Å². The Kier molecular flexibility index (Phi) is 3.03. The first-order chi connectivity index (χ1) is 7.25. The predicted octanol–water partition coefficient (Wildman–Crippen LogP) is -0.575. The molecule has 0 amide bonds. The van der Waals surface area contributed by atoms with Crippen molar-refractivity contribution in [1.29, 1.82) is 0 Å². The van der Waals surface area contributed by atoms with Crippen molar-refractivity contribution in [2.75, 3.05) is 18.0 Å². The summed E-state index contributed by atoms with van der Waals surface area (Å²) in [5.74, 6) is 0.903. The van der Waals surface area contributed by atoms with Crippen LogP contribution in [0.1, 0.15) is 12.8 Å². The normalized spacial score (nSPS) is 15.5. The van der Waals surface area contributed by atoms with Gasteiger partial charge >= 0.3 is 7.32 Å². The first kappa shape index (κ1) is 10.2. The van der Waals surface area contributed by atoms with Crippen LogP contribution in [0.2, 0.25) is 0 Å². The van der Waals surface area contributed by atoms with Crippen molar-refractivity contribution in [3.63, 3.8) is 0 Å². The first-order valence-electron chi connectivity index (χ1n) is 4.85. The lowest BCUT2D eigenvalue weighted by atomic mass is 10.2. The monoisotopic (exact) mass is 209 g/mol. The second-order valence-electron chi connectivity index (χ2n) is 3.36. The van der Waals surface area contributed by atoms with Crippen LogP contribution in [0.25, 0.3) is 0 Å². The number of anilines is 1. The number of rotatable bonds is 3. The highest BCUT2D eigenvalue weighted by Gasteiger charge is 2.16. The van der Waals surface area contributed by atoms with Crippen molar-refractivity contribution in [2.45, 2.75) is 12.8 Å². The van der Waals surface area contributed by atoms with Gasteiger partial charge in [-0.3, -0.25) is 0 Å². The molecule has 0 radical (unpaired) electrons. The summed E-state index contributed by atoms with van der Waals surface area (Å²) < 4.78 is 4.60. The molecule has 0 saturated carbocycles. The van der Waals surface area contributed by atoms with Gasteiger partial charge in [-0.1, -0.05) is 0 Å². The largest absolute Gasteiger partial charge is 0.707 e. The molecule has 7 heteroatoms. The van der Waals surface area contributed by atoms with E-state index in [0.717, 1.165) is 25.9 Å². The third kappa shape index (κ3) is 2.57. The average molecular weight is 209 g/mol.